The molecule has 0 unspecified atom stereocenters. The second-order valence-electron chi connectivity index (χ2n) is 6.78. The van der Waals surface area contributed by atoms with Crippen molar-refractivity contribution in [1.29, 1.82) is 0 Å². The van der Waals surface area contributed by atoms with E-state index < -0.39 is 16.0 Å². The summed E-state index contributed by atoms with van der Waals surface area (Å²) >= 11 is 0. The van der Waals surface area contributed by atoms with E-state index in [4.69, 9.17) is 4.74 Å². The first-order valence-corrected chi connectivity index (χ1v) is 10.8. The summed E-state index contributed by atoms with van der Waals surface area (Å²) in [6.07, 6.45) is 1.35. The Hall–Kier alpha value is -3.75. The second-order valence-corrected chi connectivity index (χ2v) is 8.54. The molecule has 0 bridgehead atoms. The first-order valence-electron chi connectivity index (χ1n) is 9.32. The minimum absolute atomic E-state index is 0.0597. The van der Waals surface area contributed by atoms with E-state index in [1.54, 1.807) is 48.5 Å². The SMILES string of the molecule is Cc1ccc(S(=O)(=O)N([O-])c2cccc3c(OC(=O)c4ccccc4)ccnc23)cc1. The van der Waals surface area contributed by atoms with Gasteiger partial charge in [-0.15, -0.1) is 0 Å². The summed E-state index contributed by atoms with van der Waals surface area (Å²) in [5.74, 6) is -0.411. The third-order valence-corrected chi connectivity index (χ3v) is 6.16. The van der Waals surface area contributed by atoms with Crippen LogP contribution in [0.5, 0.6) is 5.75 Å². The molecule has 0 atom stereocenters. The predicted molar refractivity (Wildman–Crippen MR) is 117 cm³/mol. The van der Waals surface area contributed by atoms with Crippen molar-refractivity contribution in [2.75, 3.05) is 4.47 Å². The van der Waals surface area contributed by atoms with Crippen LogP contribution in [0.4, 0.5) is 5.69 Å². The minimum atomic E-state index is -4.35. The maximum absolute atomic E-state index is 12.9. The van der Waals surface area contributed by atoms with Crippen molar-refractivity contribution in [3.05, 3.63) is 101 Å². The molecule has 0 fully saturated rings. The normalized spacial score (nSPS) is 11.3. The number of pyridine rings is 1. The molecule has 0 N–H and O–H groups in total. The topological polar surface area (TPSA) is 99.6 Å². The van der Waals surface area contributed by atoms with Crippen molar-refractivity contribution in [3.63, 3.8) is 0 Å². The Morgan fingerprint density at radius 2 is 1.65 bits per heavy atom. The van der Waals surface area contributed by atoms with E-state index in [0.29, 0.717) is 10.9 Å². The summed E-state index contributed by atoms with van der Waals surface area (Å²) in [6.45, 7) is 1.82. The van der Waals surface area contributed by atoms with E-state index in [1.807, 2.05) is 6.92 Å². The number of rotatable bonds is 5. The molecule has 3 aromatic carbocycles. The molecule has 0 saturated heterocycles. The van der Waals surface area contributed by atoms with Crippen molar-refractivity contribution < 1.29 is 17.9 Å². The highest BCUT2D eigenvalue weighted by Gasteiger charge is 2.21. The van der Waals surface area contributed by atoms with E-state index in [-0.39, 0.29) is 26.3 Å². The number of carbonyl (C=O) groups excluding carboxylic acids is 1. The minimum Gasteiger partial charge on any atom is -0.744 e. The highest BCUT2D eigenvalue weighted by molar-refractivity contribution is 7.93. The van der Waals surface area contributed by atoms with Gasteiger partial charge in [-0.05, 0) is 49.4 Å². The lowest BCUT2D eigenvalue weighted by atomic mass is 10.1. The van der Waals surface area contributed by atoms with Crippen molar-refractivity contribution in [1.82, 2.24) is 4.98 Å². The smallest absolute Gasteiger partial charge is 0.343 e. The average Bonchev–Trinajstić information content (AvgIpc) is 2.79. The molecule has 0 radical (unpaired) electrons. The van der Waals surface area contributed by atoms with Crippen LogP contribution in [0.15, 0.2) is 90.0 Å². The first-order chi connectivity index (χ1) is 14.9. The fraction of sp³-hybridized carbons (Fsp3) is 0.0435. The Kier molecular flexibility index (Phi) is 5.41. The zero-order chi connectivity index (χ0) is 22.0. The first kappa shape index (κ1) is 20.5. The lowest BCUT2D eigenvalue weighted by Crippen LogP contribution is -2.25. The van der Waals surface area contributed by atoms with Gasteiger partial charge in [-0.1, -0.05) is 42.0 Å². The summed E-state index contributed by atoms with van der Waals surface area (Å²) in [5.41, 5.74) is 1.16. The summed E-state index contributed by atoms with van der Waals surface area (Å²) < 4.78 is 31.1. The number of aromatic nitrogens is 1. The predicted octanol–water partition coefficient (Wildman–Crippen LogP) is 4.46. The molecule has 156 valence electrons. The van der Waals surface area contributed by atoms with Crippen LogP contribution in [-0.4, -0.2) is 19.4 Å². The molecular formula is C23H17N2O5S-. The number of para-hydroxylation sites is 1. The number of carbonyl (C=O) groups is 1. The largest absolute Gasteiger partial charge is 0.744 e. The standard InChI is InChI=1S/C23H17N2O5S/c1-16-10-12-18(13-11-16)31(28,29)25(27)20-9-5-8-19-21(14-15-24-22(19)20)30-23(26)17-6-3-2-4-7-17/h2-15H,1H3/q-1. The van der Waals surface area contributed by atoms with Crippen LogP contribution < -0.4 is 9.21 Å². The Balaban J connectivity index is 1.74. The molecule has 4 aromatic rings. The van der Waals surface area contributed by atoms with Crippen LogP contribution in [0.1, 0.15) is 15.9 Å². The van der Waals surface area contributed by atoms with Crippen LogP contribution in [0, 0.1) is 12.1 Å². The number of ether oxygens (including phenoxy) is 1. The van der Waals surface area contributed by atoms with E-state index >= 15 is 0 Å². The van der Waals surface area contributed by atoms with Crippen LogP contribution in [0.2, 0.25) is 0 Å². The molecule has 0 aliphatic rings. The van der Waals surface area contributed by atoms with Gasteiger partial charge < -0.3 is 14.4 Å². The number of aryl methyl sites for hydroxylation is 1. The number of anilines is 1. The summed E-state index contributed by atoms with van der Waals surface area (Å²) in [7, 11) is -4.35. The summed E-state index contributed by atoms with van der Waals surface area (Å²) in [5, 5.41) is 13.2. The fourth-order valence-corrected chi connectivity index (χ4v) is 4.12. The molecule has 31 heavy (non-hydrogen) atoms. The summed E-state index contributed by atoms with van der Waals surface area (Å²) in [4.78, 5) is 16.5. The van der Waals surface area contributed by atoms with Crippen molar-refractivity contribution in [2.45, 2.75) is 11.8 Å². The molecule has 1 heterocycles. The fourth-order valence-electron chi connectivity index (χ4n) is 3.04. The number of esters is 1. The van der Waals surface area contributed by atoms with E-state index in [1.165, 1.54) is 36.5 Å². The van der Waals surface area contributed by atoms with Gasteiger partial charge in [0, 0.05) is 11.6 Å². The van der Waals surface area contributed by atoms with Gasteiger partial charge in [0.1, 0.15) is 5.75 Å². The van der Waals surface area contributed by atoms with Gasteiger partial charge in [-0.2, -0.15) is 0 Å². The van der Waals surface area contributed by atoms with Crippen molar-refractivity contribution >= 4 is 32.6 Å². The number of hydrogen-bond donors (Lipinski definition) is 0. The van der Waals surface area contributed by atoms with Crippen LogP contribution in [0.25, 0.3) is 10.9 Å². The molecule has 0 spiro atoms. The lowest BCUT2D eigenvalue weighted by Gasteiger charge is -2.30. The van der Waals surface area contributed by atoms with Gasteiger partial charge in [0.25, 0.3) is 10.0 Å². The van der Waals surface area contributed by atoms with E-state index in [2.05, 4.69) is 4.98 Å². The van der Waals surface area contributed by atoms with Crippen molar-refractivity contribution in [2.24, 2.45) is 0 Å². The third kappa shape index (κ3) is 3.98. The number of nitrogens with zero attached hydrogens (tertiary/aromatic N) is 2. The maximum Gasteiger partial charge on any atom is 0.343 e. The van der Waals surface area contributed by atoms with Gasteiger partial charge in [-0.25, -0.2) is 13.2 Å². The molecule has 1 aromatic heterocycles. The molecular weight excluding hydrogens is 416 g/mol. The number of benzene rings is 3. The Morgan fingerprint density at radius 1 is 0.935 bits per heavy atom. The average molecular weight is 433 g/mol. The Labute approximate surface area is 179 Å². The molecule has 0 saturated carbocycles. The molecule has 0 aliphatic heterocycles. The van der Waals surface area contributed by atoms with Crippen LogP contribution in [-0.2, 0) is 10.0 Å². The number of hydrogen-bond acceptors (Lipinski definition) is 6. The van der Waals surface area contributed by atoms with Gasteiger partial charge in [-0.3, -0.25) is 4.98 Å². The van der Waals surface area contributed by atoms with Gasteiger partial charge in [0.15, 0.2) is 0 Å². The zero-order valence-corrected chi connectivity index (χ0v) is 17.2. The monoisotopic (exact) mass is 433 g/mol. The molecule has 7 nitrogen and oxygen atoms in total. The Morgan fingerprint density at radius 3 is 2.35 bits per heavy atom. The van der Waals surface area contributed by atoms with Gasteiger partial charge in [0.05, 0.1) is 21.7 Å². The quantitative estimate of drug-likeness (QED) is 0.340. The second kappa shape index (κ2) is 8.17. The molecule has 0 amide bonds. The molecule has 4 rings (SSSR count). The molecule has 8 heteroatoms. The zero-order valence-electron chi connectivity index (χ0n) is 16.4. The van der Waals surface area contributed by atoms with Crippen LogP contribution >= 0.6 is 0 Å². The number of fused-ring (bicyclic) bond motifs is 1. The van der Waals surface area contributed by atoms with E-state index in [9.17, 15) is 18.4 Å². The van der Waals surface area contributed by atoms with Gasteiger partial charge >= 0.3 is 5.97 Å². The Bertz CT molecular complexity index is 1350. The lowest BCUT2D eigenvalue weighted by molar-refractivity contribution is 0.0737. The maximum atomic E-state index is 12.9. The van der Waals surface area contributed by atoms with Crippen LogP contribution in [0.3, 0.4) is 0 Å². The molecule has 0 aliphatic carbocycles. The highest BCUT2D eigenvalue weighted by atomic mass is 32.2. The summed E-state index contributed by atoms with van der Waals surface area (Å²) in [6, 6.07) is 20.4. The van der Waals surface area contributed by atoms with E-state index in [0.717, 1.165) is 5.56 Å². The highest BCUT2D eigenvalue weighted by Crippen LogP contribution is 2.33. The van der Waals surface area contributed by atoms with Crippen molar-refractivity contribution in [3.8, 4) is 5.75 Å². The number of sulfonamides is 1. The van der Waals surface area contributed by atoms with Gasteiger partial charge in [0.2, 0.25) is 0 Å². The third-order valence-electron chi connectivity index (χ3n) is 4.66.